The zero-order valence-electron chi connectivity index (χ0n) is 20.6. The molecular formula is C28H22N4O4S2. The normalized spacial score (nSPS) is 18.6. The summed E-state index contributed by atoms with van der Waals surface area (Å²) in [6.45, 7) is 4.17. The highest BCUT2D eigenvalue weighted by Gasteiger charge is 2.39. The summed E-state index contributed by atoms with van der Waals surface area (Å²) in [7, 11) is 3.58. The summed E-state index contributed by atoms with van der Waals surface area (Å²) in [6.07, 6.45) is 2.30. The van der Waals surface area contributed by atoms with Crippen molar-refractivity contribution in [2.24, 2.45) is 4.99 Å². The Morgan fingerprint density at radius 1 is 1.11 bits per heavy atom. The van der Waals surface area contributed by atoms with E-state index in [9.17, 15) is 14.9 Å². The molecule has 1 saturated heterocycles. The third-order valence-electron chi connectivity index (χ3n) is 6.69. The van der Waals surface area contributed by atoms with Crippen molar-refractivity contribution < 1.29 is 14.5 Å². The Balaban J connectivity index is 1.33. The zero-order chi connectivity index (χ0) is 26.6. The molecule has 1 amide bonds. The second-order valence-corrected chi connectivity index (χ2v) is 11.0. The second-order valence-electron chi connectivity index (χ2n) is 8.95. The Morgan fingerprint density at radius 3 is 2.61 bits per heavy atom. The molecule has 0 atom stereocenters. The Morgan fingerprint density at radius 2 is 1.87 bits per heavy atom. The first-order chi connectivity index (χ1) is 18.4. The van der Waals surface area contributed by atoms with E-state index in [4.69, 9.17) is 9.73 Å². The van der Waals surface area contributed by atoms with Crippen LogP contribution in [0.3, 0.4) is 0 Å². The molecule has 8 nitrogen and oxygen atoms in total. The summed E-state index contributed by atoms with van der Waals surface area (Å²) in [5, 5.41) is 12.6. The molecule has 3 aliphatic rings. The lowest BCUT2D eigenvalue weighted by atomic mass is 10.1. The molecule has 0 spiro atoms. The Bertz CT molecular complexity index is 1610. The fourth-order valence-electron chi connectivity index (χ4n) is 4.84. The van der Waals surface area contributed by atoms with E-state index >= 15 is 0 Å². The smallest absolute Gasteiger partial charge is 0.269 e. The third-order valence-corrected chi connectivity index (χ3v) is 9.12. The SMILES string of the molecule is C=CCN1C(=O)C(=C2Sc3ccc(OC)cc3N2C)SC1=Nc1ccc2c(c1)Cc1cc([N+](=O)[O-])ccc1-2. The van der Waals surface area contributed by atoms with E-state index < -0.39 is 0 Å². The largest absolute Gasteiger partial charge is 0.497 e. The number of nitro benzene ring substituents is 1. The number of rotatable bonds is 5. The average molecular weight is 543 g/mol. The van der Waals surface area contributed by atoms with Gasteiger partial charge in [-0.1, -0.05) is 23.9 Å². The van der Waals surface area contributed by atoms with Gasteiger partial charge in [0.05, 0.1) is 28.4 Å². The molecule has 3 aromatic carbocycles. The van der Waals surface area contributed by atoms with Gasteiger partial charge in [-0.05, 0) is 70.8 Å². The van der Waals surface area contributed by atoms with Gasteiger partial charge in [-0.25, -0.2) is 4.99 Å². The summed E-state index contributed by atoms with van der Waals surface area (Å²) < 4.78 is 5.38. The first-order valence-electron chi connectivity index (χ1n) is 11.8. The number of aliphatic imine (C=N–C) groups is 1. The number of amidine groups is 1. The van der Waals surface area contributed by atoms with Gasteiger partial charge in [0.25, 0.3) is 11.6 Å². The van der Waals surface area contributed by atoms with Gasteiger partial charge >= 0.3 is 0 Å². The number of nitrogens with zero attached hydrogens (tertiary/aromatic N) is 4. The number of carbonyl (C=O) groups excluding carboxylic acids is 1. The van der Waals surface area contributed by atoms with E-state index in [1.807, 2.05) is 54.4 Å². The molecule has 3 aromatic rings. The number of amides is 1. The first-order valence-corrected chi connectivity index (χ1v) is 13.4. The maximum absolute atomic E-state index is 13.5. The molecule has 0 radical (unpaired) electrons. The highest BCUT2D eigenvalue weighted by Crippen LogP contribution is 2.51. The molecule has 190 valence electrons. The fourth-order valence-corrected chi connectivity index (χ4v) is 7.17. The van der Waals surface area contributed by atoms with Crippen LogP contribution in [0.4, 0.5) is 17.1 Å². The minimum Gasteiger partial charge on any atom is -0.497 e. The summed E-state index contributed by atoms with van der Waals surface area (Å²) in [5.41, 5.74) is 5.86. The number of non-ortho nitro benzene ring substituents is 1. The Hall–Kier alpha value is -4.02. The zero-order valence-corrected chi connectivity index (χ0v) is 22.3. The molecule has 10 heteroatoms. The monoisotopic (exact) mass is 542 g/mol. The molecule has 1 aliphatic carbocycles. The number of thioether (sulfide) groups is 2. The van der Waals surface area contributed by atoms with Crippen LogP contribution < -0.4 is 9.64 Å². The highest BCUT2D eigenvalue weighted by atomic mass is 32.2. The molecule has 38 heavy (non-hydrogen) atoms. The van der Waals surface area contributed by atoms with E-state index in [1.54, 1.807) is 35.9 Å². The standard InChI is InChI=1S/C28H22N4O4S2/c1-4-11-31-26(33)25(27-30(2)23-15-20(36-3)7-10-24(23)37-27)38-28(31)29-18-5-8-21-16(13-18)12-17-14-19(32(34)35)6-9-22(17)21/h4-10,13-15H,1,11-12H2,2-3H3. The Kier molecular flexibility index (Phi) is 6.00. The summed E-state index contributed by atoms with van der Waals surface area (Å²) >= 11 is 2.92. The number of nitro groups is 1. The molecule has 0 aromatic heterocycles. The highest BCUT2D eigenvalue weighted by molar-refractivity contribution is 8.19. The van der Waals surface area contributed by atoms with Crippen molar-refractivity contribution in [3.63, 3.8) is 0 Å². The van der Waals surface area contributed by atoms with Gasteiger partial charge < -0.3 is 9.64 Å². The van der Waals surface area contributed by atoms with Gasteiger partial charge in [0.1, 0.15) is 10.7 Å². The number of hydrogen-bond acceptors (Lipinski definition) is 8. The molecule has 0 unspecified atom stereocenters. The number of benzene rings is 3. The van der Waals surface area contributed by atoms with Crippen LogP contribution in [-0.4, -0.2) is 41.6 Å². The van der Waals surface area contributed by atoms with E-state index in [-0.39, 0.29) is 16.5 Å². The van der Waals surface area contributed by atoms with Gasteiger partial charge in [0.2, 0.25) is 0 Å². The number of carbonyl (C=O) groups is 1. The van der Waals surface area contributed by atoms with Gasteiger partial charge in [-0.3, -0.25) is 19.8 Å². The second kappa shape index (κ2) is 9.38. The lowest BCUT2D eigenvalue weighted by molar-refractivity contribution is -0.384. The minimum absolute atomic E-state index is 0.0915. The van der Waals surface area contributed by atoms with Crippen LogP contribution in [-0.2, 0) is 11.2 Å². The van der Waals surface area contributed by atoms with Gasteiger partial charge in [0.15, 0.2) is 5.17 Å². The molecular weight excluding hydrogens is 520 g/mol. The number of fused-ring (bicyclic) bond motifs is 4. The predicted molar refractivity (Wildman–Crippen MR) is 152 cm³/mol. The molecule has 6 rings (SSSR count). The van der Waals surface area contributed by atoms with Crippen molar-refractivity contribution in [2.75, 3.05) is 25.6 Å². The summed E-state index contributed by atoms with van der Waals surface area (Å²) in [5.74, 6) is 0.653. The molecule has 0 N–H and O–H groups in total. The van der Waals surface area contributed by atoms with E-state index in [0.29, 0.717) is 23.0 Å². The van der Waals surface area contributed by atoms with Gasteiger partial charge in [-0.15, -0.1) is 6.58 Å². The summed E-state index contributed by atoms with van der Waals surface area (Å²) in [6, 6.07) is 16.8. The summed E-state index contributed by atoms with van der Waals surface area (Å²) in [4.78, 5) is 34.6. The quantitative estimate of drug-likeness (QED) is 0.126. The number of ether oxygens (including phenoxy) is 1. The van der Waals surface area contributed by atoms with Gasteiger partial charge in [-0.2, -0.15) is 0 Å². The van der Waals surface area contributed by atoms with Crippen molar-refractivity contribution in [2.45, 2.75) is 11.3 Å². The third kappa shape index (κ3) is 3.97. The van der Waals surface area contributed by atoms with Gasteiger partial charge in [0, 0.05) is 36.7 Å². The Labute approximate surface area is 227 Å². The van der Waals surface area contributed by atoms with E-state index in [2.05, 4.69) is 6.58 Å². The molecule has 0 saturated carbocycles. The number of anilines is 1. The van der Waals surface area contributed by atoms with Crippen LogP contribution in [0.1, 0.15) is 11.1 Å². The van der Waals surface area contributed by atoms with Crippen molar-refractivity contribution in [1.29, 1.82) is 0 Å². The number of methoxy groups -OCH3 is 1. The van der Waals surface area contributed by atoms with Crippen molar-refractivity contribution in [3.05, 3.63) is 98.4 Å². The van der Waals surface area contributed by atoms with Crippen LogP contribution >= 0.6 is 23.5 Å². The van der Waals surface area contributed by atoms with Crippen molar-refractivity contribution in [1.82, 2.24) is 4.90 Å². The van der Waals surface area contributed by atoms with Crippen LogP contribution in [0.5, 0.6) is 5.75 Å². The maximum atomic E-state index is 13.5. The lowest BCUT2D eigenvalue weighted by Gasteiger charge is -2.15. The molecule has 2 aliphatic heterocycles. The average Bonchev–Trinajstić information content (AvgIpc) is 3.54. The van der Waals surface area contributed by atoms with E-state index in [0.717, 1.165) is 49.3 Å². The number of hydrogen-bond donors (Lipinski definition) is 0. The fraction of sp³-hybridized carbons (Fsp3) is 0.143. The van der Waals surface area contributed by atoms with Crippen LogP contribution in [0.2, 0.25) is 0 Å². The van der Waals surface area contributed by atoms with Crippen LogP contribution in [0.15, 0.2) is 87.1 Å². The van der Waals surface area contributed by atoms with Crippen LogP contribution in [0.25, 0.3) is 11.1 Å². The topological polar surface area (TPSA) is 88.3 Å². The van der Waals surface area contributed by atoms with E-state index in [1.165, 1.54) is 17.8 Å². The predicted octanol–water partition coefficient (Wildman–Crippen LogP) is 6.33. The maximum Gasteiger partial charge on any atom is 0.269 e. The van der Waals surface area contributed by atoms with Crippen molar-refractivity contribution in [3.8, 4) is 16.9 Å². The van der Waals surface area contributed by atoms with Crippen molar-refractivity contribution >= 4 is 51.7 Å². The van der Waals surface area contributed by atoms with Crippen LogP contribution in [0, 0.1) is 10.1 Å². The molecule has 0 bridgehead atoms. The minimum atomic E-state index is -0.371. The first kappa shape index (κ1) is 24.3. The molecule has 1 fully saturated rings. The lowest BCUT2D eigenvalue weighted by Crippen LogP contribution is -2.29. The molecule has 2 heterocycles.